The molecule has 0 spiro atoms. The molecule has 1 aliphatic carbocycles. The van der Waals surface area contributed by atoms with Crippen LogP contribution in [0.4, 0.5) is 5.82 Å². The molecule has 4 nitrogen and oxygen atoms in total. The molecule has 0 saturated heterocycles. The molecule has 1 aromatic heterocycles. The summed E-state index contributed by atoms with van der Waals surface area (Å²) in [5, 5.41) is 3.13. The minimum absolute atomic E-state index is 0.178. The van der Waals surface area contributed by atoms with E-state index in [1.165, 1.54) is 0 Å². The van der Waals surface area contributed by atoms with E-state index in [1.54, 1.807) is 18.1 Å². The molecule has 92 valence electrons. The Morgan fingerprint density at radius 3 is 2.76 bits per heavy atom. The molecule has 0 unspecified atom stereocenters. The maximum absolute atomic E-state index is 12.5. The monoisotopic (exact) mass is 233 g/mol. The fraction of sp³-hybridized carbons (Fsp3) is 0.538. The summed E-state index contributed by atoms with van der Waals surface area (Å²) in [7, 11) is 3.70. The SMILES string of the molecule is CNCC1(C(=O)N(C)c2ccccn2)CCC1. The van der Waals surface area contributed by atoms with E-state index >= 15 is 0 Å². The number of rotatable bonds is 4. The number of carbonyl (C=O) groups excluding carboxylic acids is 1. The summed E-state index contributed by atoms with van der Waals surface area (Å²) in [6.07, 6.45) is 4.81. The lowest BCUT2D eigenvalue weighted by molar-refractivity contribution is -0.132. The lowest BCUT2D eigenvalue weighted by Gasteiger charge is -2.42. The molecule has 0 radical (unpaired) electrons. The fourth-order valence-electron chi connectivity index (χ4n) is 2.42. The molecule has 0 bridgehead atoms. The van der Waals surface area contributed by atoms with Gasteiger partial charge in [0.1, 0.15) is 5.82 Å². The number of anilines is 1. The Morgan fingerprint density at radius 1 is 1.53 bits per heavy atom. The molecule has 1 amide bonds. The van der Waals surface area contributed by atoms with E-state index in [9.17, 15) is 4.79 Å². The third-order valence-electron chi connectivity index (χ3n) is 3.58. The number of hydrogen-bond acceptors (Lipinski definition) is 3. The zero-order valence-corrected chi connectivity index (χ0v) is 10.4. The van der Waals surface area contributed by atoms with E-state index in [0.717, 1.165) is 31.6 Å². The minimum Gasteiger partial charge on any atom is -0.319 e. The summed E-state index contributed by atoms with van der Waals surface area (Å²) in [6, 6.07) is 5.62. The number of hydrogen-bond donors (Lipinski definition) is 1. The Hall–Kier alpha value is -1.42. The Labute approximate surface area is 102 Å². The number of nitrogens with one attached hydrogen (secondary N) is 1. The van der Waals surface area contributed by atoms with Crippen molar-refractivity contribution < 1.29 is 4.79 Å². The molecule has 2 rings (SSSR count). The highest BCUT2D eigenvalue weighted by molar-refractivity contribution is 5.97. The zero-order chi connectivity index (χ0) is 12.3. The van der Waals surface area contributed by atoms with Gasteiger partial charge in [-0.1, -0.05) is 12.5 Å². The first-order valence-electron chi connectivity index (χ1n) is 6.03. The van der Waals surface area contributed by atoms with Gasteiger partial charge in [-0.3, -0.25) is 9.69 Å². The highest BCUT2D eigenvalue weighted by atomic mass is 16.2. The average molecular weight is 233 g/mol. The van der Waals surface area contributed by atoms with Crippen molar-refractivity contribution in [1.82, 2.24) is 10.3 Å². The topological polar surface area (TPSA) is 45.2 Å². The zero-order valence-electron chi connectivity index (χ0n) is 10.4. The van der Waals surface area contributed by atoms with Gasteiger partial charge in [0.15, 0.2) is 0 Å². The molecule has 1 fully saturated rings. The van der Waals surface area contributed by atoms with Crippen molar-refractivity contribution in [1.29, 1.82) is 0 Å². The molecule has 1 N–H and O–H groups in total. The van der Waals surface area contributed by atoms with Gasteiger partial charge in [0.05, 0.1) is 5.41 Å². The Morgan fingerprint density at radius 2 is 2.29 bits per heavy atom. The van der Waals surface area contributed by atoms with Crippen LogP contribution in [-0.2, 0) is 4.79 Å². The summed E-state index contributed by atoms with van der Waals surface area (Å²) in [6.45, 7) is 0.753. The van der Waals surface area contributed by atoms with Crippen molar-refractivity contribution in [3.8, 4) is 0 Å². The van der Waals surface area contributed by atoms with Crippen LogP contribution in [0.5, 0.6) is 0 Å². The highest BCUT2D eigenvalue weighted by Crippen LogP contribution is 2.42. The summed E-state index contributed by atoms with van der Waals surface area (Å²) in [5.41, 5.74) is -0.207. The van der Waals surface area contributed by atoms with Gasteiger partial charge in [0.2, 0.25) is 5.91 Å². The van der Waals surface area contributed by atoms with Gasteiger partial charge in [0.25, 0.3) is 0 Å². The second kappa shape index (κ2) is 4.84. The van der Waals surface area contributed by atoms with E-state index in [2.05, 4.69) is 10.3 Å². The van der Waals surface area contributed by atoms with Crippen LogP contribution >= 0.6 is 0 Å². The van der Waals surface area contributed by atoms with E-state index in [1.807, 2.05) is 25.2 Å². The Kier molecular flexibility index (Phi) is 3.43. The molecule has 0 atom stereocenters. The van der Waals surface area contributed by atoms with Crippen molar-refractivity contribution in [2.45, 2.75) is 19.3 Å². The van der Waals surface area contributed by atoms with Crippen LogP contribution in [0.25, 0.3) is 0 Å². The standard InChI is InChI=1S/C13H19N3O/c1-14-10-13(7-5-8-13)12(17)16(2)11-6-3-4-9-15-11/h3-4,6,9,14H,5,7-8,10H2,1-2H3. The molecule has 0 aliphatic heterocycles. The van der Waals surface area contributed by atoms with Crippen molar-refractivity contribution >= 4 is 11.7 Å². The maximum atomic E-state index is 12.5. The molecule has 17 heavy (non-hydrogen) atoms. The summed E-state index contributed by atoms with van der Waals surface area (Å²) >= 11 is 0. The Balaban J connectivity index is 2.14. The summed E-state index contributed by atoms with van der Waals surface area (Å²) < 4.78 is 0. The number of nitrogens with zero attached hydrogens (tertiary/aromatic N) is 2. The molecule has 1 aromatic rings. The molecule has 1 aliphatic rings. The van der Waals surface area contributed by atoms with E-state index in [4.69, 9.17) is 0 Å². The van der Waals surface area contributed by atoms with Crippen LogP contribution in [0.15, 0.2) is 24.4 Å². The molecule has 1 heterocycles. The Bertz CT molecular complexity index is 387. The first-order valence-corrected chi connectivity index (χ1v) is 6.03. The average Bonchev–Trinajstić information content (AvgIpc) is 2.33. The largest absolute Gasteiger partial charge is 0.319 e. The number of amides is 1. The minimum atomic E-state index is -0.207. The van der Waals surface area contributed by atoms with Crippen molar-refractivity contribution in [2.75, 3.05) is 25.5 Å². The van der Waals surface area contributed by atoms with Gasteiger partial charge in [-0.25, -0.2) is 4.98 Å². The first-order chi connectivity index (χ1) is 8.19. The van der Waals surface area contributed by atoms with Crippen LogP contribution in [0.1, 0.15) is 19.3 Å². The highest BCUT2D eigenvalue weighted by Gasteiger charge is 2.45. The molecule has 1 saturated carbocycles. The van der Waals surface area contributed by atoms with Crippen molar-refractivity contribution in [3.05, 3.63) is 24.4 Å². The third kappa shape index (κ3) is 2.17. The number of aromatic nitrogens is 1. The molecule has 0 aromatic carbocycles. The van der Waals surface area contributed by atoms with Crippen LogP contribution in [0, 0.1) is 5.41 Å². The van der Waals surface area contributed by atoms with Gasteiger partial charge in [-0.05, 0) is 32.0 Å². The van der Waals surface area contributed by atoms with Gasteiger partial charge >= 0.3 is 0 Å². The summed E-state index contributed by atoms with van der Waals surface area (Å²) in [4.78, 5) is 18.4. The van der Waals surface area contributed by atoms with Crippen LogP contribution < -0.4 is 10.2 Å². The van der Waals surface area contributed by atoms with Crippen LogP contribution in [0.2, 0.25) is 0 Å². The lowest BCUT2D eigenvalue weighted by atomic mass is 9.67. The number of carbonyl (C=O) groups is 1. The smallest absolute Gasteiger partial charge is 0.235 e. The van der Waals surface area contributed by atoms with E-state index in [0.29, 0.717) is 0 Å². The van der Waals surface area contributed by atoms with Gasteiger partial charge in [0, 0.05) is 19.8 Å². The number of pyridine rings is 1. The molecular weight excluding hydrogens is 214 g/mol. The second-order valence-electron chi connectivity index (χ2n) is 4.72. The van der Waals surface area contributed by atoms with Crippen molar-refractivity contribution in [2.24, 2.45) is 5.41 Å². The van der Waals surface area contributed by atoms with E-state index < -0.39 is 0 Å². The van der Waals surface area contributed by atoms with Gasteiger partial charge < -0.3 is 5.32 Å². The molecule has 4 heteroatoms. The van der Waals surface area contributed by atoms with Gasteiger partial charge in [-0.2, -0.15) is 0 Å². The van der Waals surface area contributed by atoms with Crippen LogP contribution in [0.3, 0.4) is 0 Å². The lowest BCUT2D eigenvalue weighted by Crippen LogP contribution is -2.51. The van der Waals surface area contributed by atoms with Gasteiger partial charge in [-0.15, -0.1) is 0 Å². The van der Waals surface area contributed by atoms with Crippen LogP contribution in [-0.4, -0.2) is 31.5 Å². The normalized spacial score (nSPS) is 17.3. The maximum Gasteiger partial charge on any atom is 0.235 e. The van der Waals surface area contributed by atoms with E-state index in [-0.39, 0.29) is 11.3 Å². The molecular formula is C13H19N3O. The fourth-order valence-corrected chi connectivity index (χ4v) is 2.42. The third-order valence-corrected chi connectivity index (χ3v) is 3.58. The predicted octanol–water partition coefficient (Wildman–Crippen LogP) is 1.43. The first kappa shape index (κ1) is 12.0. The predicted molar refractivity (Wildman–Crippen MR) is 67.9 cm³/mol. The quantitative estimate of drug-likeness (QED) is 0.855. The second-order valence-corrected chi connectivity index (χ2v) is 4.72. The summed E-state index contributed by atoms with van der Waals surface area (Å²) in [5.74, 6) is 0.900. The van der Waals surface area contributed by atoms with Crippen molar-refractivity contribution in [3.63, 3.8) is 0 Å².